The Morgan fingerprint density at radius 2 is 1.92 bits per heavy atom. The number of likely N-dealkylation sites (N-methyl/N-ethyl adjacent to an activating group) is 1. The molecule has 24 heavy (non-hydrogen) atoms. The zero-order valence-electron chi connectivity index (χ0n) is 13.3. The molecule has 2 fully saturated rings. The summed E-state index contributed by atoms with van der Waals surface area (Å²) in [7, 11) is 1.49. The number of rotatable bonds is 2. The van der Waals surface area contributed by atoms with Gasteiger partial charge in [0.15, 0.2) is 0 Å². The number of benzene rings is 1. The summed E-state index contributed by atoms with van der Waals surface area (Å²) in [4.78, 5) is 41.2. The fourth-order valence-electron chi connectivity index (χ4n) is 3.02. The van der Waals surface area contributed by atoms with Gasteiger partial charge < -0.3 is 24.5 Å². The van der Waals surface area contributed by atoms with Gasteiger partial charge in [0.1, 0.15) is 17.8 Å². The van der Waals surface area contributed by atoms with Crippen LogP contribution in [-0.2, 0) is 9.59 Å². The van der Waals surface area contributed by atoms with Gasteiger partial charge in [0, 0.05) is 20.1 Å². The van der Waals surface area contributed by atoms with E-state index in [9.17, 15) is 19.5 Å². The van der Waals surface area contributed by atoms with Crippen molar-refractivity contribution in [2.24, 2.45) is 0 Å². The summed E-state index contributed by atoms with van der Waals surface area (Å²) in [6, 6.07) is 7.09. The third-order valence-electron chi connectivity index (χ3n) is 4.43. The molecule has 0 bridgehead atoms. The predicted molar refractivity (Wildman–Crippen MR) is 83.2 cm³/mol. The Balaban J connectivity index is 1.70. The number of aliphatic hydroxyl groups is 1. The molecule has 8 heteroatoms. The van der Waals surface area contributed by atoms with Gasteiger partial charge in [-0.2, -0.15) is 0 Å². The van der Waals surface area contributed by atoms with Crippen LogP contribution in [0, 0.1) is 0 Å². The minimum absolute atomic E-state index is 0.0821. The second-order valence-electron chi connectivity index (χ2n) is 5.82. The first-order valence-electron chi connectivity index (χ1n) is 7.72. The van der Waals surface area contributed by atoms with Crippen molar-refractivity contribution in [1.29, 1.82) is 0 Å². The number of piperazine rings is 2. The van der Waals surface area contributed by atoms with Gasteiger partial charge in [0.05, 0.1) is 13.2 Å². The lowest BCUT2D eigenvalue weighted by molar-refractivity contribution is -0.164. The Morgan fingerprint density at radius 3 is 2.58 bits per heavy atom. The first kappa shape index (κ1) is 16.3. The van der Waals surface area contributed by atoms with Crippen molar-refractivity contribution in [3.05, 3.63) is 30.3 Å². The summed E-state index contributed by atoms with van der Waals surface area (Å²) in [5.74, 6) is -0.153. The molecule has 0 unspecified atom stereocenters. The van der Waals surface area contributed by atoms with Crippen LogP contribution in [0.1, 0.15) is 0 Å². The highest BCUT2D eigenvalue weighted by atomic mass is 16.6. The molecule has 0 radical (unpaired) electrons. The Labute approximate surface area is 139 Å². The molecule has 1 aromatic carbocycles. The fraction of sp³-hybridized carbons (Fsp3) is 0.438. The number of ether oxygens (including phenoxy) is 1. The molecule has 2 aliphatic rings. The standard InChI is InChI=1S/C16H19N3O5/c1-17-13(10-20)15(22)19-8-7-18(9-12(19)14(17)21)16(23)24-11-5-3-2-4-6-11/h2-6,12-13,20H,7-10H2,1H3/t12-,13+/m1/s1. The van der Waals surface area contributed by atoms with E-state index >= 15 is 0 Å². The number of aliphatic hydroxyl groups excluding tert-OH is 1. The number of fused-ring (bicyclic) bond motifs is 1. The molecule has 0 aliphatic carbocycles. The van der Waals surface area contributed by atoms with E-state index in [4.69, 9.17) is 4.74 Å². The number of carbonyl (C=O) groups excluding carboxylic acids is 3. The quantitative estimate of drug-likeness (QED) is 0.790. The van der Waals surface area contributed by atoms with Crippen molar-refractivity contribution in [3.8, 4) is 5.75 Å². The molecular weight excluding hydrogens is 314 g/mol. The molecule has 2 heterocycles. The van der Waals surface area contributed by atoms with Crippen molar-refractivity contribution in [2.75, 3.05) is 33.3 Å². The lowest BCUT2D eigenvalue weighted by Crippen LogP contribution is -2.70. The molecule has 1 N–H and O–H groups in total. The van der Waals surface area contributed by atoms with Crippen molar-refractivity contribution < 1.29 is 24.2 Å². The molecule has 3 rings (SSSR count). The van der Waals surface area contributed by atoms with Gasteiger partial charge in [0.25, 0.3) is 0 Å². The van der Waals surface area contributed by atoms with Gasteiger partial charge in [-0.05, 0) is 12.1 Å². The molecule has 3 amide bonds. The highest BCUT2D eigenvalue weighted by Crippen LogP contribution is 2.22. The monoisotopic (exact) mass is 333 g/mol. The number of para-hydroxylation sites is 1. The smallest absolute Gasteiger partial charge is 0.410 e. The summed E-state index contributed by atoms with van der Waals surface area (Å²) in [5, 5.41) is 9.32. The van der Waals surface area contributed by atoms with Crippen LogP contribution in [0.25, 0.3) is 0 Å². The first-order valence-corrected chi connectivity index (χ1v) is 7.72. The topological polar surface area (TPSA) is 90.4 Å². The number of nitrogens with zero attached hydrogens (tertiary/aromatic N) is 3. The van der Waals surface area contributed by atoms with E-state index < -0.39 is 24.8 Å². The maximum atomic E-state index is 12.4. The average molecular weight is 333 g/mol. The minimum atomic E-state index is -0.850. The highest BCUT2D eigenvalue weighted by Gasteiger charge is 2.47. The summed E-state index contributed by atoms with van der Waals surface area (Å²) >= 11 is 0. The Bertz CT molecular complexity index is 650. The van der Waals surface area contributed by atoms with Crippen LogP contribution in [-0.4, -0.2) is 83.1 Å². The van der Waals surface area contributed by atoms with E-state index in [1.807, 2.05) is 6.07 Å². The molecule has 8 nitrogen and oxygen atoms in total. The summed E-state index contributed by atoms with van der Waals surface area (Å²) in [6.07, 6.45) is -0.548. The predicted octanol–water partition coefficient (Wildman–Crippen LogP) is -0.469. The van der Waals surface area contributed by atoms with E-state index in [2.05, 4.69) is 0 Å². The molecule has 128 valence electrons. The molecule has 0 saturated carbocycles. The average Bonchev–Trinajstić information content (AvgIpc) is 2.60. The Hall–Kier alpha value is -2.61. The normalized spacial score (nSPS) is 24.0. The van der Waals surface area contributed by atoms with Crippen LogP contribution in [0.2, 0.25) is 0 Å². The summed E-state index contributed by atoms with van der Waals surface area (Å²) in [6.45, 7) is 0.190. The molecule has 2 saturated heterocycles. The lowest BCUT2D eigenvalue weighted by Gasteiger charge is -2.47. The zero-order chi connectivity index (χ0) is 17.3. The van der Waals surface area contributed by atoms with Gasteiger partial charge in [-0.3, -0.25) is 9.59 Å². The first-order chi connectivity index (χ1) is 11.5. The van der Waals surface area contributed by atoms with Gasteiger partial charge >= 0.3 is 6.09 Å². The van der Waals surface area contributed by atoms with Crippen LogP contribution in [0.15, 0.2) is 30.3 Å². The van der Waals surface area contributed by atoms with Crippen LogP contribution in [0.5, 0.6) is 5.75 Å². The van der Waals surface area contributed by atoms with Crippen molar-refractivity contribution in [1.82, 2.24) is 14.7 Å². The van der Waals surface area contributed by atoms with Gasteiger partial charge in [-0.15, -0.1) is 0 Å². The maximum absolute atomic E-state index is 12.4. The largest absolute Gasteiger partial charge is 0.415 e. The van der Waals surface area contributed by atoms with E-state index in [1.165, 1.54) is 21.7 Å². The van der Waals surface area contributed by atoms with E-state index in [1.54, 1.807) is 24.3 Å². The van der Waals surface area contributed by atoms with Crippen LogP contribution in [0.3, 0.4) is 0 Å². The van der Waals surface area contributed by atoms with Gasteiger partial charge in [-0.1, -0.05) is 18.2 Å². The zero-order valence-corrected chi connectivity index (χ0v) is 13.3. The summed E-state index contributed by atoms with van der Waals surface area (Å²) < 4.78 is 5.28. The number of carbonyl (C=O) groups is 3. The van der Waals surface area contributed by atoms with Crippen LogP contribution in [0.4, 0.5) is 4.79 Å². The highest BCUT2D eigenvalue weighted by molar-refractivity contribution is 5.97. The van der Waals surface area contributed by atoms with Crippen LogP contribution >= 0.6 is 0 Å². The Kier molecular flexibility index (Phi) is 4.39. The van der Waals surface area contributed by atoms with Crippen molar-refractivity contribution >= 4 is 17.9 Å². The SMILES string of the molecule is CN1C(=O)[C@H]2CN(C(=O)Oc3ccccc3)CCN2C(=O)[C@@H]1CO. The maximum Gasteiger partial charge on any atom is 0.415 e. The minimum Gasteiger partial charge on any atom is -0.410 e. The number of hydrogen-bond acceptors (Lipinski definition) is 5. The van der Waals surface area contributed by atoms with E-state index in [-0.39, 0.29) is 31.4 Å². The third-order valence-corrected chi connectivity index (χ3v) is 4.43. The van der Waals surface area contributed by atoms with E-state index in [0.29, 0.717) is 5.75 Å². The second-order valence-corrected chi connectivity index (χ2v) is 5.82. The third kappa shape index (κ3) is 2.80. The molecule has 1 aromatic rings. The molecule has 2 aliphatic heterocycles. The fourth-order valence-corrected chi connectivity index (χ4v) is 3.02. The van der Waals surface area contributed by atoms with E-state index in [0.717, 1.165) is 0 Å². The lowest BCUT2D eigenvalue weighted by atomic mass is 10.0. The number of hydrogen-bond donors (Lipinski definition) is 1. The molecule has 0 spiro atoms. The second kappa shape index (κ2) is 6.48. The Morgan fingerprint density at radius 1 is 1.21 bits per heavy atom. The summed E-state index contributed by atoms with van der Waals surface area (Å²) in [5.41, 5.74) is 0. The van der Waals surface area contributed by atoms with Crippen molar-refractivity contribution in [3.63, 3.8) is 0 Å². The number of amides is 3. The van der Waals surface area contributed by atoms with Crippen molar-refractivity contribution in [2.45, 2.75) is 12.1 Å². The molecule has 2 atom stereocenters. The van der Waals surface area contributed by atoms with Gasteiger partial charge in [-0.25, -0.2) is 4.79 Å². The van der Waals surface area contributed by atoms with Crippen LogP contribution < -0.4 is 4.74 Å². The van der Waals surface area contributed by atoms with Gasteiger partial charge in [0.2, 0.25) is 11.8 Å². The molecular formula is C16H19N3O5. The molecule has 0 aromatic heterocycles.